The molecule has 1 fully saturated rings. The highest BCUT2D eigenvalue weighted by Gasteiger charge is 2.21. The van der Waals surface area contributed by atoms with Crippen molar-refractivity contribution in [3.8, 4) is 5.75 Å². The molecule has 0 bridgehead atoms. The first kappa shape index (κ1) is 17.3. The first-order valence-corrected chi connectivity index (χ1v) is 8.60. The number of nitrogens with one attached hydrogen (secondary N) is 2. The molecule has 1 aliphatic heterocycles. The number of benzene rings is 2. The molecule has 5 nitrogen and oxygen atoms in total. The number of amides is 1. The van der Waals surface area contributed by atoms with Crippen molar-refractivity contribution in [1.29, 1.82) is 0 Å². The van der Waals surface area contributed by atoms with Gasteiger partial charge in [-0.2, -0.15) is 0 Å². The lowest BCUT2D eigenvalue weighted by Gasteiger charge is -2.21. The van der Waals surface area contributed by atoms with Crippen LogP contribution in [0.4, 0.5) is 11.4 Å². The summed E-state index contributed by atoms with van der Waals surface area (Å²) in [7, 11) is 1.68. The van der Waals surface area contributed by atoms with E-state index in [1.807, 2.05) is 48.5 Å². The lowest BCUT2D eigenvalue weighted by molar-refractivity contribution is -0.122. The smallest absolute Gasteiger partial charge is 0.227 e. The monoisotopic (exact) mass is 340 g/mol. The third kappa shape index (κ3) is 4.73. The summed E-state index contributed by atoms with van der Waals surface area (Å²) < 4.78 is 10.7. The van der Waals surface area contributed by atoms with E-state index in [1.54, 1.807) is 7.11 Å². The highest BCUT2D eigenvalue weighted by Crippen LogP contribution is 2.21. The number of ether oxygens (including phenoxy) is 2. The Labute approximate surface area is 148 Å². The van der Waals surface area contributed by atoms with Crippen molar-refractivity contribution in [2.75, 3.05) is 31.0 Å². The largest absolute Gasteiger partial charge is 0.496 e. The van der Waals surface area contributed by atoms with E-state index < -0.39 is 0 Å². The molecule has 0 radical (unpaired) electrons. The SMILES string of the molecule is COc1ccccc1CNc1ccc(NC(=O)C2CCOCC2)cc1. The summed E-state index contributed by atoms with van der Waals surface area (Å²) in [6.07, 6.45) is 1.59. The molecule has 2 N–H and O–H groups in total. The van der Waals surface area contributed by atoms with Crippen molar-refractivity contribution >= 4 is 17.3 Å². The summed E-state index contributed by atoms with van der Waals surface area (Å²) in [6.45, 7) is 2.02. The zero-order valence-electron chi connectivity index (χ0n) is 14.5. The van der Waals surface area contributed by atoms with Crippen LogP contribution in [0, 0.1) is 5.92 Å². The number of carbonyl (C=O) groups excluding carboxylic acids is 1. The van der Waals surface area contributed by atoms with Crippen LogP contribution in [0.15, 0.2) is 48.5 Å². The fourth-order valence-electron chi connectivity index (χ4n) is 2.92. The summed E-state index contributed by atoms with van der Waals surface area (Å²) >= 11 is 0. The molecular weight excluding hydrogens is 316 g/mol. The van der Waals surface area contributed by atoms with E-state index in [-0.39, 0.29) is 11.8 Å². The van der Waals surface area contributed by atoms with E-state index >= 15 is 0 Å². The van der Waals surface area contributed by atoms with Crippen LogP contribution in [0.25, 0.3) is 0 Å². The van der Waals surface area contributed by atoms with Crippen LogP contribution in [-0.4, -0.2) is 26.2 Å². The lowest BCUT2D eigenvalue weighted by atomic mass is 9.99. The van der Waals surface area contributed by atoms with E-state index in [2.05, 4.69) is 10.6 Å². The zero-order valence-corrected chi connectivity index (χ0v) is 14.5. The molecule has 1 saturated heterocycles. The topological polar surface area (TPSA) is 59.6 Å². The molecule has 132 valence electrons. The van der Waals surface area contributed by atoms with Gasteiger partial charge in [-0.3, -0.25) is 4.79 Å². The van der Waals surface area contributed by atoms with Gasteiger partial charge in [-0.25, -0.2) is 0 Å². The van der Waals surface area contributed by atoms with Gasteiger partial charge in [-0.1, -0.05) is 18.2 Å². The maximum Gasteiger partial charge on any atom is 0.227 e. The standard InChI is InChI=1S/C20H24N2O3/c1-24-19-5-3-2-4-16(19)14-21-17-6-8-18(9-7-17)22-20(23)15-10-12-25-13-11-15/h2-9,15,21H,10-14H2,1H3,(H,22,23). The van der Waals surface area contributed by atoms with Crippen molar-refractivity contribution in [2.24, 2.45) is 5.92 Å². The first-order chi connectivity index (χ1) is 12.3. The second-order valence-electron chi connectivity index (χ2n) is 6.12. The van der Waals surface area contributed by atoms with Gasteiger partial charge in [-0.05, 0) is 43.2 Å². The van der Waals surface area contributed by atoms with Crippen molar-refractivity contribution in [3.05, 3.63) is 54.1 Å². The lowest BCUT2D eigenvalue weighted by Crippen LogP contribution is -2.28. The maximum atomic E-state index is 12.2. The zero-order chi connectivity index (χ0) is 17.5. The Bertz CT molecular complexity index is 694. The Hall–Kier alpha value is -2.53. The predicted octanol–water partition coefficient (Wildman–Crippen LogP) is 3.67. The minimum atomic E-state index is 0.0529. The third-order valence-corrected chi connectivity index (χ3v) is 4.42. The molecule has 2 aromatic rings. The molecule has 25 heavy (non-hydrogen) atoms. The minimum absolute atomic E-state index is 0.0529. The second kappa shape index (κ2) is 8.53. The summed E-state index contributed by atoms with van der Waals surface area (Å²) in [4.78, 5) is 12.2. The van der Waals surface area contributed by atoms with Crippen molar-refractivity contribution in [1.82, 2.24) is 0 Å². The Morgan fingerprint density at radius 3 is 2.48 bits per heavy atom. The molecule has 1 heterocycles. The number of rotatable bonds is 6. The molecule has 0 saturated carbocycles. The fraction of sp³-hybridized carbons (Fsp3) is 0.350. The highest BCUT2D eigenvalue weighted by atomic mass is 16.5. The van der Waals surface area contributed by atoms with E-state index in [0.717, 1.165) is 35.5 Å². The van der Waals surface area contributed by atoms with Crippen molar-refractivity contribution in [3.63, 3.8) is 0 Å². The molecular formula is C20H24N2O3. The van der Waals surface area contributed by atoms with Crippen LogP contribution >= 0.6 is 0 Å². The van der Waals surface area contributed by atoms with E-state index in [4.69, 9.17) is 9.47 Å². The molecule has 0 aromatic heterocycles. The molecule has 1 amide bonds. The first-order valence-electron chi connectivity index (χ1n) is 8.60. The highest BCUT2D eigenvalue weighted by molar-refractivity contribution is 5.92. The predicted molar refractivity (Wildman–Crippen MR) is 98.9 cm³/mol. The number of carbonyl (C=O) groups is 1. The van der Waals surface area contributed by atoms with Crippen LogP contribution in [-0.2, 0) is 16.1 Å². The van der Waals surface area contributed by atoms with Gasteiger partial charge >= 0.3 is 0 Å². The van der Waals surface area contributed by atoms with Crippen LogP contribution in [0.5, 0.6) is 5.75 Å². The van der Waals surface area contributed by atoms with Gasteiger partial charge in [0.15, 0.2) is 0 Å². The molecule has 5 heteroatoms. The molecule has 0 atom stereocenters. The minimum Gasteiger partial charge on any atom is -0.496 e. The van der Waals surface area contributed by atoms with E-state index in [1.165, 1.54) is 0 Å². The average Bonchev–Trinajstić information content (AvgIpc) is 2.68. The molecule has 0 unspecified atom stereocenters. The number of hydrogen-bond donors (Lipinski definition) is 2. The van der Waals surface area contributed by atoms with Crippen molar-refractivity contribution in [2.45, 2.75) is 19.4 Å². The fourth-order valence-corrected chi connectivity index (χ4v) is 2.92. The molecule has 3 rings (SSSR count). The molecule has 0 aliphatic carbocycles. The quantitative estimate of drug-likeness (QED) is 0.842. The van der Waals surface area contributed by atoms with Gasteiger partial charge in [0.05, 0.1) is 7.11 Å². The number of hydrogen-bond acceptors (Lipinski definition) is 4. The van der Waals surface area contributed by atoms with Gasteiger partial charge in [0.2, 0.25) is 5.91 Å². The van der Waals surface area contributed by atoms with Crippen LogP contribution < -0.4 is 15.4 Å². The number of para-hydroxylation sites is 1. The summed E-state index contributed by atoms with van der Waals surface area (Å²) in [6, 6.07) is 15.7. The number of anilines is 2. The van der Waals surface area contributed by atoms with Gasteiger partial charge in [0.1, 0.15) is 5.75 Å². The Morgan fingerprint density at radius 2 is 1.76 bits per heavy atom. The van der Waals surface area contributed by atoms with Gasteiger partial charge in [0, 0.05) is 42.6 Å². The van der Waals surface area contributed by atoms with Crippen molar-refractivity contribution < 1.29 is 14.3 Å². The second-order valence-corrected chi connectivity index (χ2v) is 6.12. The van der Waals surface area contributed by atoms with Gasteiger partial charge in [-0.15, -0.1) is 0 Å². The van der Waals surface area contributed by atoms with E-state index in [9.17, 15) is 4.79 Å². The van der Waals surface area contributed by atoms with E-state index in [0.29, 0.717) is 19.8 Å². The Kier molecular flexibility index (Phi) is 5.90. The van der Waals surface area contributed by atoms with Gasteiger partial charge in [0.25, 0.3) is 0 Å². The summed E-state index contributed by atoms with van der Waals surface area (Å²) in [5.41, 5.74) is 2.91. The van der Waals surface area contributed by atoms with Crippen LogP contribution in [0.1, 0.15) is 18.4 Å². The summed E-state index contributed by atoms with van der Waals surface area (Å²) in [5.74, 6) is 1.01. The normalized spacial score (nSPS) is 14.8. The van der Waals surface area contributed by atoms with Crippen LogP contribution in [0.2, 0.25) is 0 Å². The Morgan fingerprint density at radius 1 is 1.08 bits per heavy atom. The van der Waals surface area contributed by atoms with Crippen LogP contribution in [0.3, 0.4) is 0 Å². The average molecular weight is 340 g/mol. The summed E-state index contributed by atoms with van der Waals surface area (Å²) in [5, 5.41) is 6.36. The molecule has 1 aliphatic rings. The number of methoxy groups -OCH3 is 1. The molecule has 0 spiro atoms. The Balaban J connectivity index is 1.54. The third-order valence-electron chi connectivity index (χ3n) is 4.42. The van der Waals surface area contributed by atoms with Gasteiger partial charge < -0.3 is 20.1 Å². The molecule has 2 aromatic carbocycles. The maximum absolute atomic E-state index is 12.2.